The zero-order valence-corrected chi connectivity index (χ0v) is 20.2. The maximum atomic E-state index is 13.2. The van der Waals surface area contributed by atoms with Gasteiger partial charge in [0.15, 0.2) is 11.5 Å². The van der Waals surface area contributed by atoms with E-state index in [0.717, 1.165) is 29.7 Å². The maximum absolute atomic E-state index is 13.2. The average molecular weight is 503 g/mol. The number of benzene rings is 3. The molecule has 0 fully saturated rings. The molecular weight excluding hydrogens is 473 g/mol. The van der Waals surface area contributed by atoms with Gasteiger partial charge in [-0.2, -0.15) is 13.2 Å². The second-order valence-electron chi connectivity index (χ2n) is 8.32. The summed E-state index contributed by atoms with van der Waals surface area (Å²) >= 11 is 0. The number of halogens is 3. The molecule has 1 unspecified atom stereocenters. The van der Waals surface area contributed by atoms with Gasteiger partial charge in [0.2, 0.25) is 0 Å². The molecule has 0 aliphatic carbocycles. The number of rotatable bonds is 12. The maximum Gasteiger partial charge on any atom is 0.416 e. The minimum atomic E-state index is -4.50. The van der Waals surface area contributed by atoms with Crippen molar-refractivity contribution in [1.29, 1.82) is 0 Å². The van der Waals surface area contributed by atoms with E-state index >= 15 is 0 Å². The molecule has 0 aromatic heterocycles. The minimum Gasteiger partial charge on any atom is -0.491 e. The van der Waals surface area contributed by atoms with E-state index < -0.39 is 17.7 Å². The molecule has 0 saturated carbocycles. The summed E-state index contributed by atoms with van der Waals surface area (Å²) in [6.07, 6.45) is -2.97. The highest BCUT2D eigenvalue weighted by Gasteiger charge is 2.31. The lowest BCUT2D eigenvalue weighted by atomic mass is 10.0. The lowest BCUT2D eigenvalue weighted by molar-refractivity contribution is -0.138. The van der Waals surface area contributed by atoms with Gasteiger partial charge in [0.05, 0.1) is 18.3 Å². The van der Waals surface area contributed by atoms with Crippen LogP contribution in [0, 0.1) is 0 Å². The Morgan fingerprint density at radius 1 is 0.944 bits per heavy atom. The van der Waals surface area contributed by atoms with Crippen molar-refractivity contribution in [1.82, 2.24) is 0 Å². The van der Waals surface area contributed by atoms with E-state index in [1.807, 2.05) is 32.0 Å². The molecule has 1 N–H and O–H groups in total. The number of hydrogen-bond donors (Lipinski definition) is 1. The molecule has 0 radical (unpaired) electrons. The topological polar surface area (TPSA) is 65.0 Å². The van der Waals surface area contributed by atoms with Crippen molar-refractivity contribution >= 4 is 5.97 Å². The van der Waals surface area contributed by atoms with Crippen molar-refractivity contribution in [2.45, 2.75) is 51.8 Å². The smallest absolute Gasteiger partial charge is 0.416 e. The fraction of sp³-hybridized carbons (Fsp3) is 0.321. The Bertz CT molecular complexity index is 1150. The Hall–Kier alpha value is -3.68. The molecule has 0 amide bonds. The Kier molecular flexibility index (Phi) is 9.22. The average Bonchev–Trinajstić information content (AvgIpc) is 2.84. The van der Waals surface area contributed by atoms with E-state index in [-0.39, 0.29) is 30.6 Å². The molecule has 0 saturated heterocycles. The number of carboxylic acid groups (broad SMARTS) is 1. The normalized spacial score (nSPS) is 12.1. The molecule has 8 heteroatoms. The van der Waals surface area contributed by atoms with Crippen molar-refractivity contribution in [2.24, 2.45) is 0 Å². The number of aliphatic carboxylic acids is 1. The molecule has 3 aromatic rings. The number of alkyl halides is 3. The van der Waals surface area contributed by atoms with Crippen LogP contribution in [0.2, 0.25) is 0 Å². The van der Waals surface area contributed by atoms with Crippen LogP contribution in [0.25, 0.3) is 0 Å². The van der Waals surface area contributed by atoms with Crippen LogP contribution < -0.4 is 14.2 Å². The van der Waals surface area contributed by atoms with Crippen LogP contribution in [0.3, 0.4) is 0 Å². The fourth-order valence-corrected chi connectivity index (χ4v) is 3.62. The summed E-state index contributed by atoms with van der Waals surface area (Å²) in [4.78, 5) is 10.9. The van der Waals surface area contributed by atoms with E-state index in [1.54, 1.807) is 30.3 Å². The third-order valence-corrected chi connectivity index (χ3v) is 5.53. The van der Waals surface area contributed by atoms with Gasteiger partial charge in [-0.05, 0) is 73.4 Å². The second-order valence-corrected chi connectivity index (χ2v) is 8.32. The highest BCUT2D eigenvalue weighted by molar-refractivity contribution is 5.67. The van der Waals surface area contributed by atoms with E-state index in [2.05, 4.69) is 0 Å². The van der Waals surface area contributed by atoms with Gasteiger partial charge < -0.3 is 19.3 Å². The molecule has 3 rings (SSSR count). The highest BCUT2D eigenvalue weighted by Crippen LogP contribution is 2.38. The predicted octanol–water partition coefficient (Wildman–Crippen LogP) is 7.31. The molecule has 192 valence electrons. The van der Waals surface area contributed by atoms with Crippen LogP contribution in [-0.4, -0.2) is 23.8 Å². The van der Waals surface area contributed by atoms with Gasteiger partial charge in [-0.3, -0.25) is 4.79 Å². The number of ether oxygens (including phenoxy) is 3. The summed E-state index contributed by atoms with van der Waals surface area (Å²) in [5.41, 5.74) is 1.19. The van der Waals surface area contributed by atoms with Crippen LogP contribution >= 0.6 is 0 Å². The van der Waals surface area contributed by atoms with Gasteiger partial charge in [-0.25, -0.2) is 0 Å². The Morgan fingerprint density at radius 2 is 1.69 bits per heavy atom. The number of para-hydroxylation sites is 1. The third-order valence-electron chi connectivity index (χ3n) is 5.53. The summed E-state index contributed by atoms with van der Waals surface area (Å²) in [7, 11) is 0. The van der Waals surface area contributed by atoms with Gasteiger partial charge in [0.1, 0.15) is 11.5 Å². The van der Waals surface area contributed by atoms with E-state index in [4.69, 9.17) is 19.3 Å². The molecular formula is C28H29F3O5. The van der Waals surface area contributed by atoms with Crippen LogP contribution in [0.4, 0.5) is 13.2 Å². The van der Waals surface area contributed by atoms with Gasteiger partial charge in [-0.15, -0.1) is 0 Å². The first-order valence-corrected chi connectivity index (χ1v) is 11.7. The molecule has 5 nitrogen and oxygen atoms in total. The van der Waals surface area contributed by atoms with Gasteiger partial charge in [0.25, 0.3) is 0 Å². The zero-order chi connectivity index (χ0) is 26.1. The molecule has 0 spiro atoms. The summed E-state index contributed by atoms with van der Waals surface area (Å²) in [5.74, 6) is 0.415. The van der Waals surface area contributed by atoms with Gasteiger partial charge in [0, 0.05) is 12.8 Å². The molecule has 0 aliphatic heterocycles. The summed E-state index contributed by atoms with van der Waals surface area (Å²) in [5, 5.41) is 8.92. The first-order valence-electron chi connectivity index (χ1n) is 11.7. The molecule has 0 aliphatic rings. The Labute approximate surface area is 208 Å². The minimum absolute atomic E-state index is 0.0193. The van der Waals surface area contributed by atoms with Crippen LogP contribution in [0.1, 0.15) is 43.4 Å². The number of carbonyl (C=O) groups is 1. The lowest BCUT2D eigenvalue weighted by Crippen LogP contribution is -2.16. The van der Waals surface area contributed by atoms with Crippen molar-refractivity contribution in [3.63, 3.8) is 0 Å². The monoisotopic (exact) mass is 502 g/mol. The largest absolute Gasteiger partial charge is 0.491 e. The quantitative estimate of drug-likeness (QED) is 0.281. The molecule has 1 atom stereocenters. The first kappa shape index (κ1) is 26.9. The Morgan fingerprint density at radius 3 is 2.36 bits per heavy atom. The number of hydrogen-bond acceptors (Lipinski definition) is 4. The van der Waals surface area contributed by atoms with Gasteiger partial charge >= 0.3 is 12.1 Å². The van der Waals surface area contributed by atoms with Crippen LogP contribution in [0.15, 0.2) is 66.7 Å². The molecule has 36 heavy (non-hydrogen) atoms. The summed E-state index contributed by atoms with van der Waals surface area (Å²) in [6, 6.07) is 17.3. The number of carboxylic acids is 1. The number of aryl methyl sites for hydroxylation is 2. The highest BCUT2D eigenvalue weighted by atomic mass is 19.4. The standard InChI is InChI=1S/C28H29F3O5/c1-3-20-17-24(12-9-21(20)10-14-27(32)33)35-19(2)15-16-34-25-13-11-22(28(29,30)31)18-26(25)36-23-7-5-4-6-8-23/h4-9,11-13,17-19H,3,10,14-16H2,1-2H3,(H,32,33). The fourth-order valence-electron chi connectivity index (χ4n) is 3.62. The van der Waals surface area contributed by atoms with E-state index in [1.165, 1.54) is 6.07 Å². The van der Waals surface area contributed by atoms with Crippen LogP contribution in [0.5, 0.6) is 23.0 Å². The van der Waals surface area contributed by atoms with Gasteiger partial charge in [-0.1, -0.05) is 31.2 Å². The van der Waals surface area contributed by atoms with Crippen molar-refractivity contribution in [3.05, 3.63) is 83.4 Å². The molecule has 0 bridgehead atoms. The Balaban J connectivity index is 1.62. The zero-order valence-electron chi connectivity index (χ0n) is 20.2. The predicted molar refractivity (Wildman–Crippen MR) is 130 cm³/mol. The molecule has 3 aromatic carbocycles. The SMILES string of the molecule is CCc1cc(OC(C)CCOc2ccc(C(F)(F)F)cc2Oc2ccccc2)ccc1CCC(=O)O. The summed E-state index contributed by atoms with van der Waals surface area (Å²) < 4.78 is 57.1. The van der Waals surface area contributed by atoms with E-state index in [9.17, 15) is 18.0 Å². The third kappa shape index (κ3) is 7.93. The first-order chi connectivity index (χ1) is 17.2. The van der Waals surface area contributed by atoms with E-state index in [0.29, 0.717) is 24.3 Å². The van der Waals surface area contributed by atoms with Crippen molar-refractivity contribution in [2.75, 3.05) is 6.61 Å². The second kappa shape index (κ2) is 12.3. The van der Waals surface area contributed by atoms with Crippen molar-refractivity contribution < 1.29 is 37.3 Å². The summed E-state index contributed by atoms with van der Waals surface area (Å²) in [6.45, 7) is 4.08. The molecule has 0 heterocycles. The van der Waals surface area contributed by atoms with Crippen LogP contribution in [-0.2, 0) is 23.8 Å². The van der Waals surface area contributed by atoms with Crippen molar-refractivity contribution in [3.8, 4) is 23.0 Å². The lowest BCUT2D eigenvalue weighted by Gasteiger charge is -2.18.